The third-order valence-corrected chi connectivity index (χ3v) is 5.62. The van der Waals surface area contributed by atoms with Crippen LogP contribution in [0.5, 0.6) is 0 Å². The van der Waals surface area contributed by atoms with Gasteiger partial charge in [0, 0.05) is 30.4 Å². The van der Waals surface area contributed by atoms with Crippen molar-refractivity contribution in [1.82, 2.24) is 14.5 Å². The minimum Gasteiger partial charge on any atom is -0.382 e. The Hall–Kier alpha value is -2.15. The quantitative estimate of drug-likeness (QED) is 0.611. The van der Waals surface area contributed by atoms with Crippen LogP contribution in [-0.4, -0.2) is 35.0 Å². The molecule has 2 aromatic heterocycles. The smallest absolute Gasteiger partial charge is 0.152 e. The highest BCUT2D eigenvalue weighted by atomic mass is 32.2. The normalized spacial score (nSPS) is 12.2. The van der Waals surface area contributed by atoms with Crippen LogP contribution in [0.4, 0.5) is 5.82 Å². The highest BCUT2D eigenvalue weighted by Gasteiger charge is 2.17. The van der Waals surface area contributed by atoms with E-state index in [2.05, 4.69) is 16.5 Å². The predicted octanol–water partition coefficient (Wildman–Crippen LogP) is 3.33. The average Bonchev–Trinajstić information content (AvgIpc) is 2.95. The molecule has 0 saturated heterocycles. The van der Waals surface area contributed by atoms with Crippen molar-refractivity contribution in [3.8, 4) is 0 Å². The molecule has 0 unspecified atom stereocenters. The van der Waals surface area contributed by atoms with Crippen molar-refractivity contribution < 1.29 is 8.42 Å². The van der Waals surface area contributed by atoms with E-state index < -0.39 is 9.84 Å². The zero-order chi connectivity index (χ0) is 18.7. The molecule has 0 aliphatic heterocycles. The number of rotatable bonds is 8. The first-order chi connectivity index (χ1) is 12.4. The van der Waals surface area contributed by atoms with Crippen LogP contribution in [-0.2, 0) is 22.8 Å². The zero-order valence-electron chi connectivity index (χ0n) is 15.4. The van der Waals surface area contributed by atoms with Crippen LogP contribution in [0.1, 0.15) is 38.4 Å². The Balaban J connectivity index is 2.04. The van der Waals surface area contributed by atoms with Gasteiger partial charge in [-0.2, -0.15) is 0 Å². The fourth-order valence-corrected chi connectivity index (χ4v) is 4.03. The van der Waals surface area contributed by atoms with E-state index in [0.717, 1.165) is 60.0 Å². The number of hydrogen-bond donors (Lipinski definition) is 1. The van der Waals surface area contributed by atoms with Gasteiger partial charge in [0.15, 0.2) is 5.82 Å². The van der Waals surface area contributed by atoms with E-state index >= 15 is 0 Å². The first-order valence-corrected chi connectivity index (χ1v) is 11.2. The van der Waals surface area contributed by atoms with Crippen molar-refractivity contribution in [2.75, 3.05) is 17.7 Å². The van der Waals surface area contributed by atoms with Crippen LogP contribution in [0.15, 0.2) is 24.3 Å². The third-order valence-electron chi connectivity index (χ3n) is 4.59. The molecule has 7 heteroatoms. The molecular weight excluding hydrogens is 348 g/mol. The van der Waals surface area contributed by atoms with Crippen molar-refractivity contribution in [2.24, 2.45) is 0 Å². The van der Waals surface area contributed by atoms with Gasteiger partial charge in [-0.1, -0.05) is 31.5 Å². The molecule has 0 fully saturated rings. The number of benzene rings is 1. The summed E-state index contributed by atoms with van der Waals surface area (Å²) in [5.41, 5.74) is 8.80. The molecule has 6 nitrogen and oxygen atoms in total. The van der Waals surface area contributed by atoms with E-state index in [1.807, 2.05) is 24.3 Å². The Morgan fingerprint density at radius 3 is 2.62 bits per heavy atom. The minimum atomic E-state index is -2.93. The number of anilines is 1. The van der Waals surface area contributed by atoms with Crippen LogP contribution in [0, 0.1) is 0 Å². The number of fused-ring (bicyclic) bond motifs is 3. The van der Waals surface area contributed by atoms with Crippen LogP contribution in [0.2, 0.25) is 0 Å². The topological polar surface area (TPSA) is 90.9 Å². The van der Waals surface area contributed by atoms with Crippen molar-refractivity contribution in [2.45, 2.75) is 45.6 Å². The Bertz CT molecular complexity index is 1020. The molecule has 0 saturated carbocycles. The highest BCUT2D eigenvalue weighted by molar-refractivity contribution is 7.90. The lowest BCUT2D eigenvalue weighted by Gasteiger charge is -2.10. The number of unbranched alkanes of at least 4 members (excludes halogenated alkanes) is 2. The van der Waals surface area contributed by atoms with Gasteiger partial charge in [-0.05, 0) is 25.3 Å². The lowest BCUT2D eigenvalue weighted by atomic mass is 10.2. The molecule has 26 heavy (non-hydrogen) atoms. The van der Waals surface area contributed by atoms with Crippen molar-refractivity contribution >= 4 is 37.6 Å². The molecule has 0 bridgehead atoms. The molecule has 2 heterocycles. The van der Waals surface area contributed by atoms with Crippen LogP contribution in [0.25, 0.3) is 21.9 Å². The predicted molar refractivity (Wildman–Crippen MR) is 107 cm³/mol. The molecule has 0 aliphatic carbocycles. The monoisotopic (exact) mass is 374 g/mol. The summed E-state index contributed by atoms with van der Waals surface area (Å²) in [5.74, 6) is 1.67. The minimum absolute atomic E-state index is 0.217. The molecule has 3 aromatic rings. The molecule has 0 atom stereocenters. The second-order valence-electron chi connectivity index (χ2n) is 6.83. The Morgan fingerprint density at radius 1 is 1.12 bits per heavy atom. The lowest BCUT2D eigenvalue weighted by Crippen LogP contribution is -2.08. The number of nitrogen functional groups attached to an aromatic ring is 1. The van der Waals surface area contributed by atoms with E-state index in [9.17, 15) is 8.42 Å². The summed E-state index contributed by atoms with van der Waals surface area (Å²) in [4.78, 5) is 9.27. The largest absolute Gasteiger partial charge is 0.382 e. The number of nitrogens with two attached hydrogens (primary N) is 1. The first-order valence-electron chi connectivity index (χ1n) is 9.11. The summed E-state index contributed by atoms with van der Waals surface area (Å²) in [7, 11) is -2.93. The summed E-state index contributed by atoms with van der Waals surface area (Å²) in [6.07, 6.45) is 5.74. The molecule has 0 amide bonds. The second kappa shape index (κ2) is 7.61. The Kier molecular flexibility index (Phi) is 5.46. The molecule has 2 N–H and O–H groups in total. The molecule has 0 spiro atoms. The number of aromatic nitrogens is 3. The van der Waals surface area contributed by atoms with Gasteiger partial charge in [0.05, 0.1) is 11.0 Å². The number of para-hydroxylation sites is 1. The van der Waals surface area contributed by atoms with E-state index in [1.165, 1.54) is 6.26 Å². The maximum atomic E-state index is 11.4. The number of imidazole rings is 1. The van der Waals surface area contributed by atoms with Gasteiger partial charge in [0.2, 0.25) is 0 Å². The van der Waals surface area contributed by atoms with Crippen LogP contribution >= 0.6 is 0 Å². The van der Waals surface area contributed by atoms with Gasteiger partial charge in [-0.25, -0.2) is 18.4 Å². The van der Waals surface area contributed by atoms with Gasteiger partial charge in [-0.3, -0.25) is 0 Å². The van der Waals surface area contributed by atoms with Crippen molar-refractivity contribution in [3.63, 3.8) is 0 Å². The fourth-order valence-electron chi connectivity index (χ4n) is 3.31. The molecule has 140 valence electrons. The fraction of sp³-hybridized carbons (Fsp3) is 0.474. The van der Waals surface area contributed by atoms with Crippen molar-refractivity contribution in [3.05, 3.63) is 30.1 Å². The number of hydrogen-bond acceptors (Lipinski definition) is 5. The average molecular weight is 375 g/mol. The van der Waals surface area contributed by atoms with E-state index in [-0.39, 0.29) is 5.75 Å². The van der Waals surface area contributed by atoms with Gasteiger partial charge in [0.1, 0.15) is 21.2 Å². The van der Waals surface area contributed by atoms with E-state index in [4.69, 9.17) is 10.7 Å². The van der Waals surface area contributed by atoms with E-state index in [0.29, 0.717) is 12.2 Å². The molecule has 0 aliphatic rings. The number of sulfone groups is 1. The van der Waals surface area contributed by atoms with E-state index in [1.54, 1.807) is 0 Å². The molecule has 0 radical (unpaired) electrons. The summed E-state index contributed by atoms with van der Waals surface area (Å²) in [5, 5.41) is 1.04. The highest BCUT2D eigenvalue weighted by Crippen LogP contribution is 2.29. The molecule has 1 aromatic carbocycles. The van der Waals surface area contributed by atoms with Gasteiger partial charge < -0.3 is 10.3 Å². The number of nitrogens with zero attached hydrogens (tertiary/aromatic N) is 3. The van der Waals surface area contributed by atoms with Gasteiger partial charge in [0.25, 0.3) is 0 Å². The summed E-state index contributed by atoms with van der Waals surface area (Å²) in [6, 6.07) is 7.94. The lowest BCUT2D eigenvalue weighted by molar-refractivity contribution is 0.582. The maximum absolute atomic E-state index is 11.4. The SMILES string of the molecule is CCCCc1nc2c(N)nc3ccccc3c2n1CCCCS(C)(=O)=O. The van der Waals surface area contributed by atoms with Crippen LogP contribution in [0.3, 0.4) is 0 Å². The maximum Gasteiger partial charge on any atom is 0.152 e. The summed E-state index contributed by atoms with van der Waals surface area (Å²) in [6.45, 7) is 2.89. The summed E-state index contributed by atoms with van der Waals surface area (Å²) < 4.78 is 25.0. The second-order valence-corrected chi connectivity index (χ2v) is 9.09. The zero-order valence-corrected chi connectivity index (χ0v) is 16.2. The Labute approximate surface area is 154 Å². The molecular formula is C19H26N4O2S. The van der Waals surface area contributed by atoms with Gasteiger partial charge in [-0.15, -0.1) is 0 Å². The van der Waals surface area contributed by atoms with Crippen molar-refractivity contribution in [1.29, 1.82) is 0 Å². The standard InChI is InChI=1S/C19H26N4O2S/c1-3-4-11-16-22-17-18(23(16)12-7-8-13-26(2,24)25)14-9-5-6-10-15(14)21-19(17)20/h5-6,9-10H,3-4,7-8,11-13H2,1-2H3,(H2,20,21). The molecule has 3 rings (SSSR count). The number of pyridine rings is 1. The first kappa shape index (κ1) is 18.6. The Morgan fingerprint density at radius 2 is 1.88 bits per heavy atom. The van der Waals surface area contributed by atoms with Crippen LogP contribution < -0.4 is 5.73 Å². The number of aryl methyl sites for hydroxylation is 2. The van der Waals surface area contributed by atoms with Gasteiger partial charge >= 0.3 is 0 Å². The third kappa shape index (κ3) is 3.98. The summed E-state index contributed by atoms with van der Waals surface area (Å²) >= 11 is 0.